The zero-order valence-corrected chi connectivity index (χ0v) is 11.1. The molecule has 2 N–H and O–H groups in total. The molecule has 1 aromatic carbocycles. The summed E-state index contributed by atoms with van der Waals surface area (Å²) >= 11 is 0. The van der Waals surface area contributed by atoms with Gasteiger partial charge in [-0.25, -0.2) is 0 Å². The van der Waals surface area contributed by atoms with Crippen molar-refractivity contribution in [1.29, 1.82) is 0 Å². The molecule has 0 fully saturated rings. The standard InChI is InChI=1S/C14H22N2O/c1-10(2)12-5-7-13(8-6-12)14(17)16(4)11(3)9-15/h5-8,10-11H,9,15H2,1-4H3. The molecule has 0 heterocycles. The fraction of sp³-hybridized carbons (Fsp3) is 0.500. The van der Waals surface area contributed by atoms with Gasteiger partial charge < -0.3 is 10.6 Å². The van der Waals surface area contributed by atoms with Gasteiger partial charge in [0.05, 0.1) is 0 Å². The van der Waals surface area contributed by atoms with Crippen LogP contribution >= 0.6 is 0 Å². The molecule has 0 aliphatic heterocycles. The van der Waals surface area contributed by atoms with Crippen LogP contribution in [0.5, 0.6) is 0 Å². The molecule has 0 radical (unpaired) electrons. The molecule has 3 heteroatoms. The van der Waals surface area contributed by atoms with Gasteiger partial charge in [0.25, 0.3) is 5.91 Å². The molecule has 0 aliphatic rings. The summed E-state index contributed by atoms with van der Waals surface area (Å²) in [6, 6.07) is 7.86. The Bertz CT molecular complexity index is 370. The van der Waals surface area contributed by atoms with Gasteiger partial charge in [0, 0.05) is 25.2 Å². The van der Waals surface area contributed by atoms with E-state index in [1.54, 1.807) is 11.9 Å². The van der Waals surface area contributed by atoms with Gasteiger partial charge in [0.1, 0.15) is 0 Å². The van der Waals surface area contributed by atoms with Crippen LogP contribution in [0.3, 0.4) is 0 Å². The summed E-state index contributed by atoms with van der Waals surface area (Å²) in [6.45, 7) is 6.70. The van der Waals surface area contributed by atoms with Crippen molar-refractivity contribution >= 4 is 5.91 Å². The van der Waals surface area contributed by atoms with Crippen LogP contribution in [0, 0.1) is 0 Å². The van der Waals surface area contributed by atoms with Crippen LogP contribution in [0.15, 0.2) is 24.3 Å². The van der Waals surface area contributed by atoms with Gasteiger partial charge in [0.2, 0.25) is 0 Å². The lowest BCUT2D eigenvalue weighted by atomic mass is 10.0. The molecule has 0 saturated carbocycles. The topological polar surface area (TPSA) is 46.3 Å². The molecule has 3 nitrogen and oxygen atoms in total. The number of amides is 1. The van der Waals surface area contributed by atoms with E-state index in [2.05, 4.69) is 13.8 Å². The molecule has 1 amide bonds. The van der Waals surface area contributed by atoms with E-state index in [0.29, 0.717) is 12.5 Å². The quantitative estimate of drug-likeness (QED) is 0.868. The molecule has 0 saturated heterocycles. The minimum atomic E-state index is 0.0262. The Morgan fingerprint density at radius 3 is 2.18 bits per heavy atom. The Morgan fingerprint density at radius 1 is 1.24 bits per heavy atom. The lowest BCUT2D eigenvalue weighted by Gasteiger charge is -2.23. The van der Waals surface area contributed by atoms with E-state index in [0.717, 1.165) is 5.56 Å². The molecule has 0 bridgehead atoms. The second kappa shape index (κ2) is 5.82. The smallest absolute Gasteiger partial charge is 0.253 e. The number of rotatable bonds is 4. The number of hydrogen-bond acceptors (Lipinski definition) is 2. The van der Waals surface area contributed by atoms with Crippen molar-refractivity contribution in [3.8, 4) is 0 Å². The van der Waals surface area contributed by atoms with Crippen molar-refractivity contribution in [1.82, 2.24) is 4.90 Å². The van der Waals surface area contributed by atoms with Gasteiger partial charge in [-0.1, -0.05) is 26.0 Å². The van der Waals surface area contributed by atoms with E-state index < -0.39 is 0 Å². The number of nitrogens with zero attached hydrogens (tertiary/aromatic N) is 1. The van der Waals surface area contributed by atoms with Crippen LogP contribution in [0.4, 0.5) is 0 Å². The summed E-state index contributed by atoms with van der Waals surface area (Å²) in [5, 5.41) is 0. The lowest BCUT2D eigenvalue weighted by molar-refractivity contribution is 0.0748. The van der Waals surface area contributed by atoms with Gasteiger partial charge in [0.15, 0.2) is 0 Å². The maximum Gasteiger partial charge on any atom is 0.253 e. The Morgan fingerprint density at radius 2 is 1.76 bits per heavy atom. The van der Waals surface area contributed by atoms with Crippen LogP contribution in [0.1, 0.15) is 42.6 Å². The zero-order chi connectivity index (χ0) is 13.0. The van der Waals surface area contributed by atoms with Gasteiger partial charge in [-0.05, 0) is 30.5 Å². The van der Waals surface area contributed by atoms with Gasteiger partial charge >= 0.3 is 0 Å². The monoisotopic (exact) mass is 234 g/mol. The van der Waals surface area contributed by atoms with Crippen LogP contribution in [0.25, 0.3) is 0 Å². The molecule has 0 aromatic heterocycles. The normalized spacial score (nSPS) is 12.6. The number of benzene rings is 1. The first-order chi connectivity index (χ1) is 7.97. The Balaban J connectivity index is 2.83. The van der Waals surface area contributed by atoms with Crippen LogP contribution < -0.4 is 5.73 Å². The highest BCUT2D eigenvalue weighted by molar-refractivity contribution is 5.94. The lowest BCUT2D eigenvalue weighted by Crippen LogP contribution is -2.39. The summed E-state index contributed by atoms with van der Waals surface area (Å²) in [5.41, 5.74) is 7.52. The third-order valence-electron chi connectivity index (χ3n) is 3.15. The molecule has 1 rings (SSSR count). The van der Waals surface area contributed by atoms with Crippen LogP contribution in [-0.2, 0) is 0 Å². The molecule has 1 unspecified atom stereocenters. The van der Waals surface area contributed by atoms with E-state index in [9.17, 15) is 4.79 Å². The van der Waals surface area contributed by atoms with Gasteiger partial charge in [-0.3, -0.25) is 4.79 Å². The first kappa shape index (κ1) is 13.7. The molecule has 17 heavy (non-hydrogen) atoms. The number of hydrogen-bond donors (Lipinski definition) is 1. The average molecular weight is 234 g/mol. The third-order valence-corrected chi connectivity index (χ3v) is 3.15. The highest BCUT2D eigenvalue weighted by Gasteiger charge is 2.16. The number of carbonyl (C=O) groups excluding carboxylic acids is 1. The predicted octanol–water partition coefficient (Wildman–Crippen LogP) is 2.23. The van der Waals surface area contributed by atoms with Crippen molar-refractivity contribution < 1.29 is 4.79 Å². The Kier molecular flexibility index (Phi) is 4.70. The number of nitrogens with two attached hydrogens (primary N) is 1. The summed E-state index contributed by atoms with van der Waals surface area (Å²) < 4.78 is 0. The minimum Gasteiger partial charge on any atom is -0.338 e. The predicted molar refractivity (Wildman–Crippen MR) is 71.1 cm³/mol. The molecule has 94 valence electrons. The highest BCUT2D eigenvalue weighted by atomic mass is 16.2. The maximum atomic E-state index is 12.1. The Labute approximate surface area is 104 Å². The van der Waals surface area contributed by atoms with Crippen LogP contribution in [-0.4, -0.2) is 30.4 Å². The second-order valence-corrected chi connectivity index (χ2v) is 4.78. The number of likely N-dealkylation sites (N-methyl/N-ethyl adjacent to an activating group) is 1. The van der Waals surface area contributed by atoms with E-state index >= 15 is 0 Å². The van der Waals surface area contributed by atoms with Gasteiger partial charge in [-0.15, -0.1) is 0 Å². The minimum absolute atomic E-state index is 0.0262. The summed E-state index contributed by atoms with van der Waals surface area (Å²) in [5.74, 6) is 0.512. The highest BCUT2D eigenvalue weighted by Crippen LogP contribution is 2.15. The largest absolute Gasteiger partial charge is 0.338 e. The second-order valence-electron chi connectivity index (χ2n) is 4.78. The molecule has 1 aromatic rings. The average Bonchev–Trinajstić information content (AvgIpc) is 2.36. The summed E-state index contributed by atoms with van der Waals surface area (Å²) in [6.07, 6.45) is 0. The van der Waals surface area contributed by atoms with E-state index in [1.807, 2.05) is 31.2 Å². The molecular weight excluding hydrogens is 212 g/mol. The van der Waals surface area contributed by atoms with Gasteiger partial charge in [-0.2, -0.15) is 0 Å². The first-order valence-electron chi connectivity index (χ1n) is 6.04. The summed E-state index contributed by atoms with van der Waals surface area (Å²) in [7, 11) is 1.79. The third kappa shape index (κ3) is 3.30. The fourth-order valence-corrected chi connectivity index (χ4v) is 1.57. The first-order valence-corrected chi connectivity index (χ1v) is 6.04. The Hall–Kier alpha value is -1.35. The SMILES string of the molecule is CC(C)c1ccc(C(=O)N(C)C(C)CN)cc1. The van der Waals surface area contributed by atoms with Crippen molar-refractivity contribution in [3.05, 3.63) is 35.4 Å². The molecule has 0 aliphatic carbocycles. The van der Waals surface area contributed by atoms with E-state index in [1.165, 1.54) is 5.56 Å². The fourth-order valence-electron chi connectivity index (χ4n) is 1.57. The molecular formula is C14H22N2O. The van der Waals surface area contributed by atoms with Crippen molar-refractivity contribution in [2.24, 2.45) is 5.73 Å². The van der Waals surface area contributed by atoms with Crippen molar-refractivity contribution in [2.45, 2.75) is 32.7 Å². The van der Waals surface area contributed by atoms with E-state index in [4.69, 9.17) is 5.73 Å². The van der Waals surface area contributed by atoms with Crippen LogP contribution in [0.2, 0.25) is 0 Å². The molecule has 1 atom stereocenters. The van der Waals surface area contributed by atoms with Crippen molar-refractivity contribution in [3.63, 3.8) is 0 Å². The maximum absolute atomic E-state index is 12.1. The number of carbonyl (C=O) groups is 1. The zero-order valence-electron chi connectivity index (χ0n) is 11.1. The van der Waals surface area contributed by atoms with Crippen molar-refractivity contribution in [2.75, 3.05) is 13.6 Å². The van der Waals surface area contributed by atoms with E-state index in [-0.39, 0.29) is 11.9 Å². The summed E-state index contributed by atoms with van der Waals surface area (Å²) in [4.78, 5) is 13.8. The molecule has 0 spiro atoms.